The van der Waals surface area contributed by atoms with Gasteiger partial charge in [0.05, 0.1) is 5.41 Å². The maximum absolute atomic E-state index is 12.4. The number of hydrogen-bond donors (Lipinski definition) is 2. The van der Waals surface area contributed by atoms with Gasteiger partial charge in [-0.3, -0.25) is 4.79 Å². The van der Waals surface area contributed by atoms with Crippen LogP contribution in [0.15, 0.2) is 0 Å². The van der Waals surface area contributed by atoms with E-state index in [2.05, 4.69) is 0 Å². The molecule has 4 heteroatoms. The van der Waals surface area contributed by atoms with Gasteiger partial charge in [-0.1, -0.05) is 6.42 Å². The summed E-state index contributed by atoms with van der Waals surface area (Å²) in [7, 11) is 0. The lowest BCUT2D eigenvalue weighted by atomic mass is 9.83. The highest BCUT2D eigenvalue weighted by Crippen LogP contribution is 2.38. The first-order valence-electron chi connectivity index (χ1n) is 6.22. The van der Waals surface area contributed by atoms with E-state index in [-0.39, 0.29) is 24.0 Å². The number of nitrogens with two attached hydrogens (primary N) is 1. The lowest BCUT2D eigenvalue weighted by Gasteiger charge is -2.34. The Balaban J connectivity index is 2.66. The van der Waals surface area contributed by atoms with Crippen molar-refractivity contribution in [3.8, 4) is 0 Å². The molecule has 1 fully saturated rings. The van der Waals surface area contributed by atoms with Gasteiger partial charge in [0, 0.05) is 25.7 Å². The van der Waals surface area contributed by atoms with Crippen LogP contribution in [0.4, 0.5) is 0 Å². The first-order valence-corrected chi connectivity index (χ1v) is 6.22. The summed E-state index contributed by atoms with van der Waals surface area (Å²) in [4.78, 5) is 14.2. The smallest absolute Gasteiger partial charge is 0.230 e. The average Bonchev–Trinajstić information content (AvgIpc) is 2.61. The lowest BCUT2D eigenvalue weighted by Crippen LogP contribution is -2.49. The van der Waals surface area contributed by atoms with Crippen molar-refractivity contribution in [2.45, 2.75) is 45.6 Å². The molecule has 94 valence electrons. The number of carbonyl (C=O) groups is 1. The summed E-state index contributed by atoms with van der Waals surface area (Å²) in [6, 6.07) is -0.0109. The molecule has 0 saturated heterocycles. The van der Waals surface area contributed by atoms with E-state index in [1.165, 1.54) is 0 Å². The predicted molar refractivity (Wildman–Crippen MR) is 63.9 cm³/mol. The normalized spacial score (nSPS) is 29.4. The van der Waals surface area contributed by atoms with Crippen molar-refractivity contribution < 1.29 is 9.90 Å². The van der Waals surface area contributed by atoms with Crippen LogP contribution >= 0.6 is 0 Å². The molecule has 0 heterocycles. The van der Waals surface area contributed by atoms with Gasteiger partial charge in [0.1, 0.15) is 0 Å². The minimum Gasteiger partial charge on any atom is -0.396 e. The molecule has 1 aliphatic carbocycles. The Kier molecular flexibility index (Phi) is 4.74. The second kappa shape index (κ2) is 5.64. The monoisotopic (exact) mass is 228 g/mol. The fourth-order valence-electron chi connectivity index (χ4n) is 2.48. The molecular weight excluding hydrogens is 204 g/mol. The molecule has 0 aromatic heterocycles. The molecule has 2 atom stereocenters. The number of amides is 1. The minimum atomic E-state index is -0.383. The number of aliphatic hydroxyl groups excluding tert-OH is 1. The van der Waals surface area contributed by atoms with Crippen molar-refractivity contribution in [3.05, 3.63) is 0 Å². The van der Waals surface area contributed by atoms with Crippen LogP contribution in [0.1, 0.15) is 39.5 Å². The van der Waals surface area contributed by atoms with E-state index in [1.54, 1.807) is 0 Å². The van der Waals surface area contributed by atoms with Crippen molar-refractivity contribution in [1.29, 1.82) is 0 Å². The Labute approximate surface area is 97.8 Å². The number of aliphatic hydroxyl groups is 1. The Hall–Kier alpha value is -0.610. The zero-order valence-electron chi connectivity index (χ0n) is 10.4. The Morgan fingerprint density at radius 3 is 2.75 bits per heavy atom. The van der Waals surface area contributed by atoms with Crippen molar-refractivity contribution in [1.82, 2.24) is 4.90 Å². The largest absolute Gasteiger partial charge is 0.396 e. The van der Waals surface area contributed by atoms with Gasteiger partial charge < -0.3 is 15.7 Å². The summed E-state index contributed by atoms with van der Waals surface area (Å²) in [5.41, 5.74) is 5.65. The molecule has 1 rings (SSSR count). The molecule has 4 nitrogen and oxygen atoms in total. The lowest BCUT2D eigenvalue weighted by molar-refractivity contribution is -0.141. The fraction of sp³-hybridized carbons (Fsp3) is 0.917. The van der Waals surface area contributed by atoms with Crippen molar-refractivity contribution in [2.24, 2.45) is 11.1 Å². The molecule has 0 radical (unpaired) electrons. The van der Waals surface area contributed by atoms with Crippen LogP contribution in [0.3, 0.4) is 0 Å². The third kappa shape index (κ3) is 2.55. The van der Waals surface area contributed by atoms with Gasteiger partial charge in [-0.05, 0) is 33.1 Å². The Morgan fingerprint density at radius 2 is 2.31 bits per heavy atom. The van der Waals surface area contributed by atoms with Crippen molar-refractivity contribution >= 4 is 5.91 Å². The number of carbonyl (C=O) groups excluding carboxylic acids is 1. The molecule has 1 saturated carbocycles. The maximum atomic E-state index is 12.4. The summed E-state index contributed by atoms with van der Waals surface area (Å²) >= 11 is 0. The van der Waals surface area contributed by atoms with E-state index in [0.29, 0.717) is 19.5 Å². The quantitative estimate of drug-likeness (QED) is 0.729. The number of rotatable bonds is 5. The second-order valence-electron chi connectivity index (χ2n) is 4.88. The average molecular weight is 228 g/mol. The summed E-state index contributed by atoms with van der Waals surface area (Å²) in [5.74, 6) is 0.161. The van der Waals surface area contributed by atoms with Crippen LogP contribution in [0.5, 0.6) is 0 Å². The topological polar surface area (TPSA) is 66.6 Å². The van der Waals surface area contributed by atoms with Crippen molar-refractivity contribution in [3.63, 3.8) is 0 Å². The van der Waals surface area contributed by atoms with Crippen LogP contribution in [0.2, 0.25) is 0 Å². The molecule has 16 heavy (non-hydrogen) atoms. The van der Waals surface area contributed by atoms with Gasteiger partial charge in [-0.25, -0.2) is 0 Å². The second-order valence-corrected chi connectivity index (χ2v) is 4.88. The standard InChI is InChI=1S/C12H24N2O2/c1-3-14(8-5-9-15)11(16)12(2)7-4-6-10(12)13/h10,15H,3-9,13H2,1-2H3. The molecule has 3 N–H and O–H groups in total. The first-order chi connectivity index (χ1) is 7.56. The zero-order valence-corrected chi connectivity index (χ0v) is 10.4. The van der Waals surface area contributed by atoms with Crippen LogP contribution in [-0.4, -0.2) is 41.7 Å². The Morgan fingerprint density at radius 1 is 1.62 bits per heavy atom. The van der Waals surface area contributed by atoms with E-state index < -0.39 is 0 Å². The minimum absolute atomic E-state index is 0.0109. The molecule has 0 spiro atoms. The van der Waals surface area contributed by atoms with E-state index in [1.807, 2.05) is 18.7 Å². The van der Waals surface area contributed by atoms with E-state index in [9.17, 15) is 4.79 Å². The number of nitrogens with zero attached hydrogens (tertiary/aromatic N) is 1. The zero-order chi connectivity index (χ0) is 12.2. The highest BCUT2D eigenvalue weighted by molar-refractivity contribution is 5.83. The molecule has 1 aliphatic rings. The maximum Gasteiger partial charge on any atom is 0.230 e. The molecule has 0 aliphatic heterocycles. The highest BCUT2D eigenvalue weighted by Gasteiger charge is 2.44. The van der Waals surface area contributed by atoms with Crippen molar-refractivity contribution in [2.75, 3.05) is 19.7 Å². The van der Waals surface area contributed by atoms with Crippen LogP contribution in [0, 0.1) is 5.41 Å². The third-order valence-corrected chi connectivity index (χ3v) is 3.77. The predicted octanol–water partition coefficient (Wildman–Crippen LogP) is 0.735. The fourth-order valence-corrected chi connectivity index (χ4v) is 2.48. The molecule has 0 aromatic carbocycles. The molecule has 2 unspecified atom stereocenters. The molecular formula is C12H24N2O2. The number of hydrogen-bond acceptors (Lipinski definition) is 3. The van der Waals surface area contributed by atoms with E-state index in [4.69, 9.17) is 10.8 Å². The van der Waals surface area contributed by atoms with Gasteiger partial charge in [-0.2, -0.15) is 0 Å². The Bertz CT molecular complexity index is 245. The van der Waals surface area contributed by atoms with Crippen LogP contribution in [-0.2, 0) is 4.79 Å². The van der Waals surface area contributed by atoms with Crippen LogP contribution in [0.25, 0.3) is 0 Å². The van der Waals surface area contributed by atoms with Crippen LogP contribution < -0.4 is 5.73 Å². The summed E-state index contributed by atoms with van der Waals surface area (Å²) < 4.78 is 0. The van der Waals surface area contributed by atoms with Gasteiger partial charge in [0.25, 0.3) is 0 Å². The third-order valence-electron chi connectivity index (χ3n) is 3.77. The molecule has 1 amide bonds. The molecule has 0 aromatic rings. The molecule has 0 bridgehead atoms. The van der Waals surface area contributed by atoms with Gasteiger partial charge in [0.15, 0.2) is 0 Å². The summed E-state index contributed by atoms with van der Waals surface area (Å²) in [6.07, 6.45) is 3.52. The van der Waals surface area contributed by atoms with Gasteiger partial charge in [0.2, 0.25) is 5.91 Å². The first kappa shape index (κ1) is 13.5. The van der Waals surface area contributed by atoms with Gasteiger partial charge >= 0.3 is 0 Å². The van der Waals surface area contributed by atoms with Gasteiger partial charge in [-0.15, -0.1) is 0 Å². The highest BCUT2D eigenvalue weighted by atomic mass is 16.3. The van der Waals surface area contributed by atoms with E-state index >= 15 is 0 Å². The summed E-state index contributed by atoms with van der Waals surface area (Å²) in [6.45, 7) is 5.41. The summed E-state index contributed by atoms with van der Waals surface area (Å²) in [5, 5.41) is 8.81. The SMILES string of the molecule is CCN(CCCO)C(=O)C1(C)CCCC1N. The van der Waals surface area contributed by atoms with E-state index in [0.717, 1.165) is 19.3 Å².